The van der Waals surface area contributed by atoms with Gasteiger partial charge in [-0.05, 0) is 34.5 Å². The highest BCUT2D eigenvalue weighted by Gasteiger charge is 2.15. The predicted molar refractivity (Wildman–Crippen MR) is 62.8 cm³/mol. The van der Waals surface area contributed by atoms with Crippen molar-refractivity contribution >= 4 is 39.0 Å². The zero-order valence-electron chi connectivity index (χ0n) is 7.76. The fourth-order valence-corrected chi connectivity index (χ4v) is 1.44. The number of rotatable bonds is 3. The minimum atomic E-state index is -0.462. The normalized spacial score (nSPS) is 12.5. The third-order valence-corrected chi connectivity index (χ3v) is 3.15. The molecule has 1 aromatic carbocycles. The number of carbonyl (C=O) groups excluding carboxylic acids is 1. The van der Waals surface area contributed by atoms with Crippen molar-refractivity contribution in [1.29, 1.82) is 0 Å². The quantitative estimate of drug-likeness (QED) is 0.523. The first-order valence-electron chi connectivity index (χ1n) is 4.29. The Kier molecular flexibility index (Phi) is 3.96. The van der Waals surface area contributed by atoms with E-state index in [1.165, 1.54) is 0 Å². The van der Waals surface area contributed by atoms with E-state index in [4.69, 9.17) is 17.3 Å². The maximum atomic E-state index is 11.6. The summed E-state index contributed by atoms with van der Waals surface area (Å²) in [7, 11) is 0. The van der Waals surface area contributed by atoms with Crippen LogP contribution in [-0.4, -0.2) is 11.2 Å². The molecule has 0 heterocycles. The highest BCUT2D eigenvalue weighted by Crippen LogP contribution is 2.22. The second kappa shape index (κ2) is 4.80. The molecule has 0 bridgehead atoms. The van der Waals surface area contributed by atoms with Crippen LogP contribution in [0.4, 0.5) is 5.69 Å². The Hall–Kier alpha value is -0.540. The lowest BCUT2D eigenvalue weighted by Crippen LogP contribution is -2.13. The summed E-state index contributed by atoms with van der Waals surface area (Å²) in [6, 6.07) is 5.10. The minimum absolute atomic E-state index is 0.0756. The first-order chi connectivity index (χ1) is 6.56. The minimum Gasteiger partial charge on any atom is -0.398 e. The van der Waals surface area contributed by atoms with Crippen molar-refractivity contribution in [3.8, 4) is 0 Å². The summed E-state index contributed by atoms with van der Waals surface area (Å²) in [6.07, 6.45) is 0.621. The van der Waals surface area contributed by atoms with Gasteiger partial charge in [0.1, 0.15) is 0 Å². The summed E-state index contributed by atoms with van der Waals surface area (Å²) in [5.74, 6) is -0.0756. The molecule has 0 saturated carbocycles. The van der Waals surface area contributed by atoms with Crippen LogP contribution >= 0.6 is 27.5 Å². The first-order valence-corrected chi connectivity index (χ1v) is 5.52. The lowest BCUT2D eigenvalue weighted by molar-refractivity contribution is 0.0985. The smallest absolute Gasteiger partial charge is 0.180 e. The van der Waals surface area contributed by atoms with Gasteiger partial charge in [0.25, 0.3) is 0 Å². The van der Waals surface area contributed by atoms with Crippen molar-refractivity contribution in [1.82, 2.24) is 0 Å². The molecule has 0 aliphatic rings. The van der Waals surface area contributed by atoms with E-state index in [2.05, 4.69) is 15.9 Å². The molecule has 0 amide bonds. The van der Waals surface area contributed by atoms with Gasteiger partial charge >= 0.3 is 0 Å². The van der Waals surface area contributed by atoms with E-state index in [0.717, 1.165) is 4.47 Å². The number of nitrogen functional groups attached to an aromatic ring is 1. The van der Waals surface area contributed by atoms with Crippen molar-refractivity contribution in [3.05, 3.63) is 28.2 Å². The molecule has 0 aliphatic heterocycles. The molecule has 4 heteroatoms. The van der Waals surface area contributed by atoms with Gasteiger partial charge in [-0.2, -0.15) is 0 Å². The topological polar surface area (TPSA) is 43.1 Å². The van der Waals surface area contributed by atoms with Crippen molar-refractivity contribution in [3.63, 3.8) is 0 Å². The predicted octanol–water partition coefficient (Wildman–Crippen LogP) is 3.23. The lowest BCUT2D eigenvalue weighted by atomic mass is 10.1. The molecule has 1 unspecified atom stereocenters. The number of halogens is 2. The number of Topliss-reactive ketones (excluding diaryl/α,β-unsaturated/α-hetero) is 1. The summed E-state index contributed by atoms with van der Waals surface area (Å²) in [5.41, 5.74) is 6.77. The molecule has 14 heavy (non-hydrogen) atoms. The van der Waals surface area contributed by atoms with Crippen molar-refractivity contribution < 1.29 is 4.79 Å². The van der Waals surface area contributed by atoms with Crippen LogP contribution in [0.15, 0.2) is 22.7 Å². The number of alkyl halides is 1. The second-order valence-electron chi connectivity index (χ2n) is 2.98. The third-order valence-electron chi connectivity index (χ3n) is 1.92. The highest BCUT2D eigenvalue weighted by atomic mass is 79.9. The summed E-state index contributed by atoms with van der Waals surface area (Å²) in [5, 5.41) is -0.462. The zero-order valence-corrected chi connectivity index (χ0v) is 10.1. The van der Waals surface area contributed by atoms with Crippen LogP contribution in [0.5, 0.6) is 0 Å². The Bertz CT molecular complexity index is 354. The summed E-state index contributed by atoms with van der Waals surface area (Å²) in [6.45, 7) is 1.87. The van der Waals surface area contributed by atoms with Crippen LogP contribution < -0.4 is 5.73 Å². The standard InChI is InChI=1S/C10H11BrClNO/c1-2-8(12)10(14)6-3-4-7(11)9(13)5-6/h3-5,8H,2,13H2,1H3. The second-order valence-corrected chi connectivity index (χ2v) is 4.36. The molecule has 0 spiro atoms. The number of hydrogen-bond donors (Lipinski definition) is 1. The number of hydrogen-bond acceptors (Lipinski definition) is 2. The van der Waals surface area contributed by atoms with Gasteiger partial charge in [0.2, 0.25) is 0 Å². The fraction of sp³-hybridized carbons (Fsp3) is 0.300. The average Bonchev–Trinajstić information content (AvgIpc) is 2.20. The van der Waals surface area contributed by atoms with Gasteiger partial charge in [-0.1, -0.05) is 13.0 Å². The Morgan fingerprint density at radius 1 is 1.64 bits per heavy atom. The molecular formula is C10H11BrClNO. The first kappa shape index (κ1) is 11.5. The van der Waals surface area contributed by atoms with Gasteiger partial charge in [-0.25, -0.2) is 0 Å². The van der Waals surface area contributed by atoms with E-state index < -0.39 is 5.38 Å². The molecular weight excluding hydrogens is 265 g/mol. The van der Waals surface area contributed by atoms with Gasteiger partial charge in [-0.15, -0.1) is 11.6 Å². The largest absolute Gasteiger partial charge is 0.398 e. The molecule has 0 radical (unpaired) electrons. The molecule has 0 aromatic heterocycles. The molecule has 76 valence electrons. The Balaban J connectivity index is 2.97. The number of anilines is 1. The van der Waals surface area contributed by atoms with Crippen LogP contribution in [0, 0.1) is 0 Å². The van der Waals surface area contributed by atoms with Gasteiger partial charge < -0.3 is 5.73 Å². The molecule has 0 aliphatic carbocycles. The number of ketones is 1. The fourth-order valence-electron chi connectivity index (χ4n) is 1.06. The van der Waals surface area contributed by atoms with Gasteiger partial charge in [0, 0.05) is 15.7 Å². The van der Waals surface area contributed by atoms with Crippen LogP contribution in [0.25, 0.3) is 0 Å². The lowest BCUT2D eigenvalue weighted by Gasteiger charge is -2.06. The monoisotopic (exact) mass is 275 g/mol. The van der Waals surface area contributed by atoms with E-state index in [-0.39, 0.29) is 5.78 Å². The van der Waals surface area contributed by atoms with E-state index >= 15 is 0 Å². The molecule has 2 nitrogen and oxygen atoms in total. The van der Waals surface area contributed by atoms with Gasteiger partial charge in [0.15, 0.2) is 5.78 Å². The molecule has 0 fully saturated rings. The average molecular weight is 277 g/mol. The molecule has 1 aromatic rings. The van der Waals surface area contributed by atoms with E-state index in [9.17, 15) is 4.79 Å². The van der Waals surface area contributed by atoms with E-state index in [1.54, 1.807) is 18.2 Å². The Morgan fingerprint density at radius 2 is 2.29 bits per heavy atom. The maximum absolute atomic E-state index is 11.6. The number of benzene rings is 1. The van der Waals surface area contributed by atoms with Crippen LogP contribution in [0.1, 0.15) is 23.7 Å². The molecule has 2 N–H and O–H groups in total. The van der Waals surface area contributed by atoms with Crippen LogP contribution in [-0.2, 0) is 0 Å². The van der Waals surface area contributed by atoms with Gasteiger partial charge in [0.05, 0.1) is 5.38 Å². The van der Waals surface area contributed by atoms with Crippen LogP contribution in [0.2, 0.25) is 0 Å². The zero-order chi connectivity index (χ0) is 10.7. The molecule has 1 rings (SSSR count). The number of carbonyl (C=O) groups is 1. The Morgan fingerprint density at radius 3 is 2.79 bits per heavy atom. The molecule has 1 atom stereocenters. The summed E-state index contributed by atoms with van der Waals surface area (Å²) < 4.78 is 0.789. The third kappa shape index (κ3) is 2.49. The summed E-state index contributed by atoms with van der Waals surface area (Å²) in [4.78, 5) is 11.6. The van der Waals surface area contributed by atoms with Crippen molar-refractivity contribution in [2.75, 3.05) is 5.73 Å². The number of nitrogens with two attached hydrogens (primary N) is 1. The SMILES string of the molecule is CCC(Cl)C(=O)c1ccc(Br)c(N)c1. The van der Waals surface area contributed by atoms with Crippen LogP contribution in [0.3, 0.4) is 0 Å². The van der Waals surface area contributed by atoms with Gasteiger partial charge in [-0.3, -0.25) is 4.79 Å². The highest BCUT2D eigenvalue weighted by molar-refractivity contribution is 9.10. The van der Waals surface area contributed by atoms with Crippen molar-refractivity contribution in [2.24, 2.45) is 0 Å². The molecule has 0 saturated heterocycles. The van der Waals surface area contributed by atoms with E-state index in [1.807, 2.05) is 6.92 Å². The maximum Gasteiger partial charge on any atom is 0.180 e. The van der Waals surface area contributed by atoms with E-state index in [0.29, 0.717) is 17.7 Å². The Labute approximate surface area is 96.6 Å². The van der Waals surface area contributed by atoms with Crippen molar-refractivity contribution in [2.45, 2.75) is 18.7 Å². The summed E-state index contributed by atoms with van der Waals surface area (Å²) >= 11 is 9.10.